The molecule has 2 atom stereocenters. The van der Waals surface area contributed by atoms with Crippen LogP contribution in [-0.2, 0) is 9.59 Å². The molecule has 1 aliphatic carbocycles. The van der Waals surface area contributed by atoms with Gasteiger partial charge < -0.3 is 15.5 Å². The number of carbonyl (C=O) groups excluding carboxylic acids is 2. The fourth-order valence-electron chi connectivity index (χ4n) is 4.44. The van der Waals surface area contributed by atoms with E-state index in [1.165, 1.54) is 6.42 Å². The number of hydrogen-bond donors (Lipinski definition) is 1. The molecule has 0 aromatic rings. The monoisotopic (exact) mass is 408 g/mol. The van der Waals surface area contributed by atoms with Crippen LogP contribution in [0.25, 0.3) is 0 Å². The quantitative estimate of drug-likeness (QED) is 0.762. The molecule has 0 aromatic heterocycles. The average molecular weight is 409 g/mol. The van der Waals surface area contributed by atoms with Crippen LogP contribution >= 0.6 is 24.8 Å². The van der Waals surface area contributed by atoms with Crippen molar-refractivity contribution in [2.24, 2.45) is 17.6 Å². The highest BCUT2D eigenvalue weighted by Crippen LogP contribution is 2.32. The van der Waals surface area contributed by atoms with Crippen LogP contribution < -0.4 is 5.73 Å². The molecule has 152 valence electrons. The Morgan fingerprint density at radius 2 is 1.46 bits per heavy atom. The van der Waals surface area contributed by atoms with Gasteiger partial charge in [0.15, 0.2) is 0 Å². The summed E-state index contributed by atoms with van der Waals surface area (Å²) in [5.74, 6) is 1.06. The highest BCUT2D eigenvalue weighted by Gasteiger charge is 2.35. The molecule has 2 amide bonds. The van der Waals surface area contributed by atoms with Gasteiger partial charge in [-0.05, 0) is 44.6 Å². The average Bonchev–Trinajstić information content (AvgIpc) is 3.11. The lowest BCUT2D eigenvalue weighted by Crippen LogP contribution is -2.53. The lowest BCUT2D eigenvalue weighted by atomic mass is 9.94. The van der Waals surface area contributed by atoms with E-state index in [1.54, 1.807) is 0 Å². The van der Waals surface area contributed by atoms with Crippen LogP contribution in [0.1, 0.15) is 38.5 Å². The maximum Gasteiger partial charge on any atom is 0.236 e. The molecular formula is C18H34Cl2N4O2. The molecule has 0 bridgehead atoms. The van der Waals surface area contributed by atoms with E-state index >= 15 is 0 Å². The molecule has 0 aromatic carbocycles. The van der Waals surface area contributed by atoms with E-state index in [1.807, 2.05) is 9.80 Å². The molecule has 3 aliphatic rings. The third kappa shape index (κ3) is 5.72. The Morgan fingerprint density at radius 1 is 0.808 bits per heavy atom. The Kier molecular flexibility index (Phi) is 10.2. The second-order valence-electron chi connectivity index (χ2n) is 7.58. The van der Waals surface area contributed by atoms with E-state index < -0.39 is 0 Å². The number of piperidine rings is 1. The highest BCUT2D eigenvalue weighted by atomic mass is 35.5. The van der Waals surface area contributed by atoms with Crippen LogP contribution in [0.4, 0.5) is 0 Å². The lowest BCUT2D eigenvalue weighted by Gasteiger charge is -2.37. The molecule has 0 spiro atoms. The summed E-state index contributed by atoms with van der Waals surface area (Å²) in [5, 5.41) is 0. The molecule has 0 unspecified atom stereocenters. The minimum absolute atomic E-state index is 0. The number of carbonyl (C=O) groups is 2. The molecule has 3 fully saturated rings. The van der Waals surface area contributed by atoms with Crippen molar-refractivity contribution < 1.29 is 9.59 Å². The summed E-state index contributed by atoms with van der Waals surface area (Å²) in [7, 11) is 0. The Labute approximate surface area is 169 Å². The van der Waals surface area contributed by atoms with Crippen molar-refractivity contribution in [2.45, 2.75) is 38.5 Å². The van der Waals surface area contributed by atoms with E-state index in [2.05, 4.69) is 4.90 Å². The predicted molar refractivity (Wildman–Crippen MR) is 108 cm³/mol. The van der Waals surface area contributed by atoms with E-state index in [4.69, 9.17) is 5.73 Å². The number of piperazine rings is 1. The maximum atomic E-state index is 12.7. The minimum Gasteiger partial charge on any atom is -0.342 e. The summed E-state index contributed by atoms with van der Waals surface area (Å²) in [5.41, 5.74) is 5.82. The Balaban J connectivity index is 0.00000169. The zero-order chi connectivity index (χ0) is 16.9. The largest absolute Gasteiger partial charge is 0.342 e. The first kappa shape index (κ1) is 23.5. The third-order valence-corrected chi connectivity index (χ3v) is 6.03. The molecule has 2 aliphatic heterocycles. The van der Waals surface area contributed by atoms with Crippen molar-refractivity contribution in [3.05, 3.63) is 0 Å². The van der Waals surface area contributed by atoms with Gasteiger partial charge in [0.2, 0.25) is 11.8 Å². The van der Waals surface area contributed by atoms with E-state index in [9.17, 15) is 9.59 Å². The van der Waals surface area contributed by atoms with Gasteiger partial charge in [0.05, 0.1) is 6.54 Å². The smallest absolute Gasteiger partial charge is 0.236 e. The van der Waals surface area contributed by atoms with Gasteiger partial charge in [0.25, 0.3) is 0 Å². The van der Waals surface area contributed by atoms with Crippen molar-refractivity contribution in [3.63, 3.8) is 0 Å². The molecular weight excluding hydrogens is 375 g/mol. The fourth-order valence-corrected chi connectivity index (χ4v) is 4.44. The number of nitrogens with zero attached hydrogens (tertiary/aromatic N) is 3. The van der Waals surface area contributed by atoms with Crippen molar-refractivity contribution in [2.75, 3.05) is 52.4 Å². The number of likely N-dealkylation sites (tertiary alicyclic amines) is 1. The van der Waals surface area contributed by atoms with Gasteiger partial charge in [-0.3, -0.25) is 14.5 Å². The van der Waals surface area contributed by atoms with E-state index in [0.29, 0.717) is 24.9 Å². The van der Waals surface area contributed by atoms with Gasteiger partial charge in [-0.1, -0.05) is 6.42 Å². The zero-order valence-electron chi connectivity index (χ0n) is 15.6. The Hall–Kier alpha value is -0.560. The van der Waals surface area contributed by atoms with E-state index in [-0.39, 0.29) is 36.6 Å². The summed E-state index contributed by atoms with van der Waals surface area (Å²) < 4.78 is 0. The predicted octanol–water partition coefficient (Wildman–Crippen LogP) is 1.36. The summed E-state index contributed by atoms with van der Waals surface area (Å²) >= 11 is 0. The molecule has 2 N–H and O–H groups in total. The van der Waals surface area contributed by atoms with Crippen LogP contribution in [-0.4, -0.2) is 78.9 Å². The Morgan fingerprint density at radius 3 is 2.08 bits per heavy atom. The van der Waals surface area contributed by atoms with Gasteiger partial charge in [0, 0.05) is 45.2 Å². The van der Waals surface area contributed by atoms with Crippen LogP contribution in [0.2, 0.25) is 0 Å². The SMILES string of the molecule is Cl.Cl.NC[C@H]1CCC[C@H]1C(=O)N1CCN(CC(=O)N2CCCCC2)CC1. The van der Waals surface area contributed by atoms with Gasteiger partial charge in [-0.15, -0.1) is 24.8 Å². The first-order valence-electron chi connectivity index (χ1n) is 9.68. The Bertz CT molecular complexity index is 452. The van der Waals surface area contributed by atoms with Crippen molar-refractivity contribution in [1.29, 1.82) is 0 Å². The van der Waals surface area contributed by atoms with Crippen LogP contribution in [0, 0.1) is 11.8 Å². The molecule has 1 saturated carbocycles. The number of nitrogens with two attached hydrogens (primary N) is 1. The fraction of sp³-hybridized carbons (Fsp3) is 0.889. The molecule has 26 heavy (non-hydrogen) atoms. The third-order valence-electron chi connectivity index (χ3n) is 6.03. The zero-order valence-corrected chi connectivity index (χ0v) is 17.2. The summed E-state index contributed by atoms with van der Waals surface area (Å²) in [6.45, 7) is 6.09. The van der Waals surface area contributed by atoms with Gasteiger partial charge in [-0.2, -0.15) is 0 Å². The van der Waals surface area contributed by atoms with E-state index in [0.717, 1.165) is 71.4 Å². The standard InChI is InChI=1S/C18H32N4O2.2ClH/c19-13-15-5-4-6-16(15)18(24)22-11-9-20(10-12-22)14-17(23)21-7-2-1-3-8-21;;/h15-16H,1-14,19H2;2*1H/t15-,16-;;/m1../s1. The first-order chi connectivity index (χ1) is 11.7. The summed E-state index contributed by atoms with van der Waals surface area (Å²) in [6, 6.07) is 0. The number of rotatable bonds is 4. The second-order valence-corrected chi connectivity index (χ2v) is 7.58. The topological polar surface area (TPSA) is 69.9 Å². The number of amides is 2. The van der Waals surface area contributed by atoms with Crippen LogP contribution in [0.3, 0.4) is 0 Å². The van der Waals surface area contributed by atoms with Crippen LogP contribution in [0.5, 0.6) is 0 Å². The molecule has 6 nitrogen and oxygen atoms in total. The lowest BCUT2D eigenvalue weighted by molar-refractivity contribution is -0.139. The van der Waals surface area contributed by atoms with Crippen molar-refractivity contribution >= 4 is 36.6 Å². The van der Waals surface area contributed by atoms with Crippen molar-refractivity contribution in [1.82, 2.24) is 14.7 Å². The van der Waals surface area contributed by atoms with Gasteiger partial charge in [-0.25, -0.2) is 0 Å². The minimum atomic E-state index is 0. The highest BCUT2D eigenvalue weighted by molar-refractivity contribution is 5.85. The van der Waals surface area contributed by atoms with Gasteiger partial charge in [0.1, 0.15) is 0 Å². The molecule has 3 rings (SSSR count). The van der Waals surface area contributed by atoms with Crippen molar-refractivity contribution in [3.8, 4) is 0 Å². The molecule has 8 heteroatoms. The molecule has 2 saturated heterocycles. The first-order valence-corrected chi connectivity index (χ1v) is 9.68. The molecule has 0 radical (unpaired) electrons. The number of halogens is 2. The summed E-state index contributed by atoms with van der Waals surface area (Å²) in [4.78, 5) is 31.3. The summed E-state index contributed by atoms with van der Waals surface area (Å²) in [6.07, 6.45) is 6.74. The maximum absolute atomic E-state index is 12.7. The normalized spacial score (nSPS) is 26.8. The molecule has 2 heterocycles. The van der Waals surface area contributed by atoms with Crippen LogP contribution in [0.15, 0.2) is 0 Å². The number of hydrogen-bond acceptors (Lipinski definition) is 4. The second kappa shape index (κ2) is 11.3. The van der Waals surface area contributed by atoms with Gasteiger partial charge >= 0.3 is 0 Å².